The van der Waals surface area contributed by atoms with Crippen molar-refractivity contribution in [1.82, 2.24) is 0 Å². The standard InChI is InChI=1S/C16H24O6/c1-15(2,3)11(17)7-8(12(18)16(4,5)6)10(14(21)22)9(7)13(19)20/h7-10H,1-6H3,(H,19,20)(H,21,22). The third-order valence-corrected chi connectivity index (χ3v) is 4.20. The second kappa shape index (κ2) is 5.48. The van der Waals surface area contributed by atoms with Crippen LogP contribution in [0, 0.1) is 34.5 Å². The lowest BCUT2D eigenvalue weighted by molar-refractivity contribution is -0.184. The van der Waals surface area contributed by atoms with E-state index in [1.807, 2.05) is 0 Å². The van der Waals surface area contributed by atoms with Crippen LogP contribution in [0.1, 0.15) is 41.5 Å². The smallest absolute Gasteiger partial charge is 0.308 e. The summed E-state index contributed by atoms with van der Waals surface area (Å²) in [6.07, 6.45) is 0. The van der Waals surface area contributed by atoms with Crippen molar-refractivity contribution in [3.05, 3.63) is 0 Å². The number of carboxylic acid groups (broad SMARTS) is 2. The predicted molar refractivity (Wildman–Crippen MR) is 78.2 cm³/mol. The van der Waals surface area contributed by atoms with Crippen molar-refractivity contribution in [1.29, 1.82) is 0 Å². The molecule has 2 N–H and O–H groups in total. The molecule has 0 aromatic heterocycles. The van der Waals surface area contributed by atoms with E-state index in [9.17, 15) is 29.4 Å². The number of carbonyl (C=O) groups is 4. The number of ketones is 2. The van der Waals surface area contributed by atoms with Crippen molar-refractivity contribution in [2.45, 2.75) is 41.5 Å². The monoisotopic (exact) mass is 312 g/mol. The molecule has 1 saturated carbocycles. The van der Waals surface area contributed by atoms with Crippen molar-refractivity contribution in [3.63, 3.8) is 0 Å². The summed E-state index contributed by atoms with van der Waals surface area (Å²) in [5.74, 6) is -8.28. The first-order valence-electron chi connectivity index (χ1n) is 7.25. The highest BCUT2D eigenvalue weighted by atomic mass is 16.4. The summed E-state index contributed by atoms with van der Waals surface area (Å²) < 4.78 is 0. The van der Waals surface area contributed by atoms with Crippen LogP contribution < -0.4 is 0 Å². The van der Waals surface area contributed by atoms with Gasteiger partial charge in [-0.3, -0.25) is 19.2 Å². The van der Waals surface area contributed by atoms with Gasteiger partial charge in [-0.05, 0) is 0 Å². The molecule has 22 heavy (non-hydrogen) atoms. The second-order valence-electron chi connectivity index (χ2n) is 8.01. The van der Waals surface area contributed by atoms with Gasteiger partial charge in [0.15, 0.2) is 0 Å². The summed E-state index contributed by atoms with van der Waals surface area (Å²) >= 11 is 0. The molecule has 1 fully saturated rings. The molecule has 0 amide bonds. The van der Waals surface area contributed by atoms with Gasteiger partial charge in [-0.15, -0.1) is 0 Å². The van der Waals surface area contributed by atoms with Crippen molar-refractivity contribution < 1.29 is 29.4 Å². The van der Waals surface area contributed by atoms with E-state index in [0.717, 1.165) is 0 Å². The van der Waals surface area contributed by atoms with Gasteiger partial charge in [0, 0.05) is 22.7 Å². The molecule has 4 atom stereocenters. The van der Waals surface area contributed by atoms with Crippen molar-refractivity contribution in [2.75, 3.05) is 0 Å². The summed E-state index contributed by atoms with van der Waals surface area (Å²) in [6.45, 7) is 9.84. The second-order valence-corrected chi connectivity index (χ2v) is 8.01. The average molecular weight is 312 g/mol. The van der Waals surface area contributed by atoms with E-state index in [2.05, 4.69) is 0 Å². The lowest BCUT2D eigenvalue weighted by Gasteiger charge is -2.49. The van der Waals surface area contributed by atoms with E-state index in [4.69, 9.17) is 0 Å². The molecule has 124 valence electrons. The molecule has 0 heterocycles. The van der Waals surface area contributed by atoms with Crippen LogP contribution in [-0.4, -0.2) is 33.7 Å². The third-order valence-electron chi connectivity index (χ3n) is 4.20. The van der Waals surface area contributed by atoms with Crippen molar-refractivity contribution in [3.8, 4) is 0 Å². The molecule has 1 aliphatic carbocycles. The van der Waals surface area contributed by atoms with E-state index in [1.165, 1.54) is 0 Å². The molecule has 6 heteroatoms. The largest absolute Gasteiger partial charge is 0.481 e. The third kappa shape index (κ3) is 3.05. The minimum atomic E-state index is -1.35. The van der Waals surface area contributed by atoms with Gasteiger partial charge in [0.25, 0.3) is 0 Å². The number of aliphatic carboxylic acids is 2. The van der Waals surface area contributed by atoms with Crippen LogP contribution >= 0.6 is 0 Å². The minimum Gasteiger partial charge on any atom is -0.481 e. The predicted octanol–water partition coefficient (Wildman–Crippen LogP) is 1.86. The Balaban J connectivity index is 3.34. The highest BCUT2D eigenvalue weighted by Crippen LogP contribution is 2.52. The van der Waals surface area contributed by atoms with Gasteiger partial charge in [-0.2, -0.15) is 0 Å². The van der Waals surface area contributed by atoms with Gasteiger partial charge >= 0.3 is 11.9 Å². The fourth-order valence-electron chi connectivity index (χ4n) is 3.01. The first-order chi connectivity index (χ1) is 9.71. The van der Waals surface area contributed by atoms with E-state index < -0.39 is 46.4 Å². The van der Waals surface area contributed by atoms with Crippen molar-refractivity contribution >= 4 is 23.5 Å². The van der Waals surface area contributed by atoms with Gasteiger partial charge in [0.1, 0.15) is 11.6 Å². The van der Waals surface area contributed by atoms with E-state index in [0.29, 0.717) is 0 Å². The van der Waals surface area contributed by atoms with Crippen LogP contribution in [0.15, 0.2) is 0 Å². The van der Waals surface area contributed by atoms with Crippen LogP contribution in [0.5, 0.6) is 0 Å². The first kappa shape index (κ1) is 18.3. The Morgan fingerprint density at radius 2 is 0.818 bits per heavy atom. The molecule has 4 unspecified atom stereocenters. The minimum absolute atomic E-state index is 0.375. The van der Waals surface area contributed by atoms with E-state index in [1.54, 1.807) is 41.5 Å². The van der Waals surface area contributed by atoms with Crippen LogP contribution in [0.2, 0.25) is 0 Å². The van der Waals surface area contributed by atoms with Gasteiger partial charge in [0.05, 0.1) is 11.8 Å². The molecular weight excluding hydrogens is 288 g/mol. The quantitative estimate of drug-likeness (QED) is 0.820. The fraction of sp³-hybridized carbons (Fsp3) is 0.750. The van der Waals surface area contributed by atoms with Gasteiger partial charge in [-0.1, -0.05) is 41.5 Å². The summed E-state index contributed by atoms with van der Waals surface area (Å²) in [5.41, 5.74) is -1.67. The molecule has 0 saturated heterocycles. The SMILES string of the molecule is CC(C)(C)C(=O)C1C(C(=O)O)C(C(=O)O)C1C(=O)C(C)(C)C. The Morgan fingerprint density at radius 1 is 0.591 bits per heavy atom. The number of rotatable bonds is 4. The van der Waals surface area contributed by atoms with Crippen molar-refractivity contribution in [2.24, 2.45) is 34.5 Å². The Bertz CT molecular complexity index is 472. The van der Waals surface area contributed by atoms with Gasteiger partial charge in [-0.25, -0.2) is 0 Å². The van der Waals surface area contributed by atoms with Crippen LogP contribution in [-0.2, 0) is 19.2 Å². The molecule has 0 aromatic carbocycles. The molecule has 6 nitrogen and oxygen atoms in total. The van der Waals surface area contributed by atoms with E-state index in [-0.39, 0.29) is 11.6 Å². The summed E-state index contributed by atoms with van der Waals surface area (Å²) in [7, 11) is 0. The molecule has 0 spiro atoms. The van der Waals surface area contributed by atoms with Crippen LogP contribution in [0.4, 0.5) is 0 Å². The zero-order valence-corrected chi connectivity index (χ0v) is 13.8. The Morgan fingerprint density at radius 3 is 0.955 bits per heavy atom. The molecule has 0 radical (unpaired) electrons. The Labute approximate surface area is 129 Å². The topological polar surface area (TPSA) is 109 Å². The maximum absolute atomic E-state index is 12.6. The molecule has 1 rings (SSSR count). The zero-order valence-electron chi connectivity index (χ0n) is 13.8. The number of hydrogen-bond donors (Lipinski definition) is 2. The molecule has 0 bridgehead atoms. The number of Topliss-reactive ketones (excluding diaryl/α,β-unsaturated/α-hetero) is 2. The highest BCUT2D eigenvalue weighted by Gasteiger charge is 2.65. The summed E-state index contributed by atoms with van der Waals surface area (Å²) in [6, 6.07) is 0. The normalized spacial score (nSPS) is 28.6. The Kier molecular flexibility index (Phi) is 4.57. The fourth-order valence-corrected chi connectivity index (χ4v) is 3.01. The van der Waals surface area contributed by atoms with Gasteiger partial charge < -0.3 is 10.2 Å². The molecule has 0 aromatic rings. The zero-order chi connectivity index (χ0) is 17.6. The maximum Gasteiger partial charge on any atom is 0.308 e. The maximum atomic E-state index is 12.6. The lowest BCUT2D eigenvalue weighted by Crippen LogP contribution is -2.62. The molecule has 1 aliphatic rings. The molecule has 0 aliphatic heterocycles. The van der Waals surface area contributed by atoms with E-state index >= 15 is 0 Å². The first-order valence-corrected chi connectivity index (χ1v) is 7.25. The highest BCUT2D eigenvalue weighted by molar-refractivity contribution is 6.03. The average Bonchev–Trinajstić information content (AvgIpc) is 2.23. The lowest BCUT2D eigenvalue weighted by atomic mass is 9.49. The van der Waals surface area contributed by atoms with Crippen LogP contribution in [0.25, 0.3) is 0 Å². The summed E-state index contributed by atoms with van der Waals surface area (Å²) in [5, 5.41) is 18.6. The number of hydrogen-bond acceptors (Lipinski definition) is 4. The van der Waals surface area contributed by atoms with Gasteiger partial charge in [0.2, 0.25) is 0 Å². The number of carbonyl (C=O) groups excluding carboxylic acids is 2. The number of carboxylic acids is 2. The molecular formula is C16H24O6. The van der Waals surface area contributed by atoms with Crippen LogP contribution in [0.3, 0.4) is 0 Å². The summed E-state index contributed by atoms with van der Waals surface area (Å²) in [4.78, 5) is 48.0. The Hall–Kier alpha value is -1.72.